The van der Waals surface area contributed by atoms with Crippen molar-refractivity contribution >= 4 is 11.8 Å². The van der Waals surface area contributed by atoms with Gasteiger partial charge in [-0.15, -0.1) is 11.8 Å². The Kier molecular flexibility index (Phi) is 6.70. The Morgan fingerprint density at radius 2 is 1.71 bits per heavy atom. The van der Waals surface area contributed by atoms with E-state index in [1.165, 1.54) is 17.7 Å². The van der Waals surface area contributed by atoms with E-state index in [1.807, 2.05) is 18.2 Å². The number of rotatable bonds is 7. The first-order valence-corrected chi connectivity index (χ1v) is 9.54. The molecule has 0 saturated carbocycles. The molecule has 2 nitrogen and oxygen atoms in total. The molecule has 1 fully saturated rings. The van der Waals surface area contributed by atoms with E-state index in [0.717, 1.165) is 43.1 Å². The number of likely N-dealkylation sites (tertiary alicyclic amines) is 1. The molecule has 0 bridgehead atoms. The molecule has 0 aromatic heterocycles. The van der Waals surface area contributed by atoms with Crippen LogP contribution in [0, 0.1) is 5.82 Å². The topological polar surface area (TPSA) is 12.5 Å². The Labute approximate surface area is 148 Å². The zero-order chi connectivity index (χ0) is 16.6. The zero-order valence-corrected chi connectivity index (χ0v) is 14.7. The average Bonchev–Trinajstić information content (AvgIpc) is 2.64. The van der Waals surface area contributed by atoms with Crippen molar-refractivity contribution in [2.24, 2.45) is 0 Å². The summed E-state index contributed by atoms with van der Waals surface area (Å²) in [5.41, 5.74) is 1.25. The third-order valence-electron chi connectivity index (χ3n) is 4.35. The third kappa shape index (κ3) is 5.62. The highest BCUT2D eigenvalue weighted by molar-refractivity contribution is 7.99. The van der Waals surface area contributed by atoms with Crippen molar-refractivity contribution in [3.8, 4) is 0 Å². The fourth-order valence-electron chi connectivity index (χ4n) is 2.91. The van der Waals surface area contributed by atoms with Crippen molar-refractivity contribution in [2.75, 3.05) is 25.4 Å². The molecule has 24 heavy (non-hydrogen) atoms. The van der Waals surface area contributed by atoms with E-state index in [2.05, 4.69) is 29.2 Å². The van der Waals surface area contributed by atoms with Gasteiger partial charge in [0.15, 0.2) is 0 Å². The molecule has 1 aliphatic heterocycles. The van der Waals surface area contributed by atoms with Gasteiger partial charge in [-0.05, 0) is 42.7 Å². The SMILES string of the molecule is Fc1ccc(SCCN2CCC(OCc3ccccc3)CC2)cc1. The monoisotopic (exact) mass is 345 g/mol. The molecular weight excluding hydrogens is 321 g/mol. The lowest BCUT2D eigenvalue weighted by Crippen LogP contribution is -2.38. The zero-order valence-electron chi connectivity index (χ0n) is 13.9. The van der Waals surface area contributed by atoms with Crippen LogP contribution in [0.3, 0.4) is 0 Å². The van der Waals surface area contributed by atoms with Crippen LogP contribution in [0.2, 0.25) is 0 Å². The van der Waals surface area contributed by atoms with E-state index in [0.29, 0.717) is 12.7 Å². The number of nitrogens with zero attached hydrogens (tertiary/aromatic N) is 1. The standard InChI is InChI=1S/C20H24FNOS/c21-18-6-8-20(9-7-18)24-15-14-22-12-10-19(11-13-22)23-16-17-4-2-1-3-5-17/h1-9,19H,10-16H2. The summed E-state index contributed by atoms with van der Waals surface area (Å²) in [5, 5.41) is 0. The van der Waals surface area contributed by atoms with Crippen LogP contribution in [0.5, 0.6) is 0 Å². The summed E-state index contributed by atoms with van der Waals surface area (Å²) in [6.45, 7) is 3.99. The lowest BCUT2D eigenvalue weighted by atomic mass is 10.1. The molecule has 2 aromatic rings. The first-order valence-electron chi connectivity index (χ1n) is 8.56. The van der Waals surface area contributed by atoms with Crippen LogP contribution in [0.4, 0.5) is 4.39 Å². The summed E-state index contributed by atoms with van der Waals surface area (Å²) >= 11 is 1.79. The highest BCUT2D eigenvalue weighted by Gasteiger charge is 2.19. The Morgan fingerprint density at radius 1 is 1.00 bits per heavy atom. The summed E-state index contributed by atoms with van der Waals surface area (Å²) in [7, 11) is 0. The Bertz CT molecular complexity index is 597. The summed E-state index contributed by atoms with van der Waals surface area (Å²) in [5.74, 6) is 0.873. The maximum Gasteiger partial charge on any atom is 0.123 e. The second kappa shape index (κ2) is 9.21. The van der Waals surface area contributed by atoms with Gasteiger partial charge in [0, 0.05) is 30.3 Å². The minimum Gasteiger partial charge on any atom is -0.373 e. The van der Waals surface area contributed by atoms with E-state index in [1.54, 1.807) is 11.8 Å². The molecule has 1 heterocycles. The van der Waals surface area contributed by atoms with Crippen LogP contribution in [-0.4, -0.2) is 36.4 Å². The normalized spacial score (nSPS) is 16.4. The van der Waals surface area contributed by atoms with Crippen LogP contribution in [-0.2, 0) is 11.3 Å². The predicted molar refractivity (Wildman–Crippen MR) is 97.8 cm³/mol. The molecule has 1 saturated heterocycles. The first-order chi connectivity index (χ1) is 11.8. The van der Waals surface area contributed by atoms with Crippen LogP contribution in [0.25, 0.3) is 0 Å². The first kappa shape index (κ1) is 17.5. The van der Waals surface area contributed by atoms with Gasteiger partial charge in [0.1, 0.15) is 5.82 Å². The van der Waals surface area contributed by atoms with Gasteiger partial charge in [0.2, 0.25) is 0 Å². The van der Waals surface area contributed by atoms with Gasteiger partial charge in [-0.1, -0.05) is 30.3 Å². The van der Waals surface area contributed by atoms with Gasteiger partial charge < -0.3 is 9.64 Å². The molecule has 0 amide bonds. The summed E-state index contributed by atoms with van der Waals surface area (Å²) < 4.78 is 18.9. The quantitative estimate of drug-likeness (QED) is 0.681. The molecule has 0 spiro atoms. The molecule has 0 atom stereocenters. The molecule has 2 aromatic carbocycles. The molecular formula is C20H24FNOS. The molecule has 128 valence electrons. The van der Waals surface area contributed by atoms with Crippen molar-refractivity contribution in [3.05, 3.63) is 66.0 Å². The molecule has 1 aliphatic rings. The van der Waals surface area contributed by atoms with Crippen LogP contribution >= 0.6 is 11.8 Å². The Hall–Kier alpha value is -1.36. The number of hydrogen-bond donors (Lipinski definition) is 0. The van der Waals surface area contributed by atoms with E-state index in [9.17, 15) is 4.39 Å². The molecule has 0 N–H and O–H groups in total. The van der Waals surface area contributed by atoms with Crippen LogP contribution < -0.4 is 0 Å². The largest absolute Gasteiger partial charge is 0.373 e. The van der Waals surface area contributed by atoms with Crippen molar-refractivity contribution in [1.82, 2.24) is 4.90 Å². The summed E-state index contributed by atoms with van der Waals surface area (Å²) in [6.07, 6.45) is 2.59. The van der Waals surface area contributed by atoms with E-state index in [-0.39, 0.29) is 5.82 Å². The minimum absolute atomic E-state index is 0.170. The lowest BCUT2D eigenvalue weighted by Gasteiger charge is -2.31. The smallest absolute Gasteiger partial charge is 0.123 e. The van der Waals surface area contributed by atoms with Gasteiger partial charge in [-0.3, -0.25) is 0 Å². The third-order valence-corrected chi connectivity index (χ3v) is 5.35. The fourth-order valence-corrected chi connectivity index (χ4v) is 3.82. The van der Waals surface area contributed by atoms with Crippen LogP contribution in [0.1, 0.15) is 18.4 Å². The van der Waals surface area contributed by atoms with Crippen LogP contribution in [0.15, 0.2) is 59.5 Å². The van der Waals surface area contributed by atoms with Gasteiger partial charge in [-0.2, -0.15) is 0 Å². The number of ether oxygens (including phenoxy) is 1. The van der Waals surface area contributed by atoms with Gasteiger partial charge in [0.25, 0.3) is 0 Å². The van der Waals surface area contributed by atoms with Gasteiger partial charge in [0.05, 0.1) is 12.7 Å². The molecule has 0 radical (unpaired) electrons. The average molecular weight is 345 g/mol. The molecule has 0 unspecified atom stereocenters. The lowest BCUT2D eigenvalue weighted by molar-refractivity contribution is -0.00125. The maximum absolute atomic E-state index is 12.9. The number of hydrogen-bond acceptors (Lipinski definition) is 3. The Morgan fingerprint density at radius 3 is 2.42 bits per heavy atom. The second-order valence-electron chi connectivity index (χ2n) is 6.14. The molecule has 4 heteroatoms. The highest BCUT2D eigenvalue weighted by atomic mass is 32.2. The van der Waals surface area contributed by atoms with Gasteiger partial charge in [-0.25, -0.2) is 4.39 Å². The number of halogens is 1. The van der Waals surface area contributed by atoms with Crippen molar-refractivity contribution in [3.63, 3.8) is 0 Å². The Balaban J connectivity index is 1.31. The van der Waals surface area contributed by atoms with Crippen molar-refractivity contribution < 1.29 is 9.13 Å². The maximum atomic E-state index is 12.9. The second-order valence-corrected chi connectivity index (χ2v) is 7.31. The fraction of sp³-hybridized carbons (Fsp3) is 0.400. The highest BCUT2D eigenvalue weighted by Crippen LogP contribution is 2.20. The number of benzene rings is 2. The van der Waals surface area contributed by atoms with Crippen molar-refractivity contribution in [1.29, 1.82) is 0 Å². The predicted octanol–water partition coefficient (Wildman–Crippen LogP) is 4.60. The number of thioether (sulfide) groups is 1. The number of piperidine rings is 1. The summed E-state index contributed by atoms with van der Waals surface area (Å²) in [4.78, 5) is 3.64. The molecule has 3 rings (SSSR count). The summed E-state index contributed by atoms with van der Waals surface area (Å²) in [6, 6.07) is 17.1. The van der Waals surface area contributed by atoms with Gasteiger partial charge >= 0.3 is 0 Å². The van der Waals surface area contributed by atoms with E-state index < -0.39 is 0 Å². The van der Waals surface area contributed by atoms with E-state index >= 15 is 0 Å². The van der Waals surface area contributed by atoms with E-state index in [4.69, 9.17) is 4.74 Å². The minimum atomic E-state index is -0.170. The molecule has 0 aliphatic carbocycles. The van der Waals surface area contributed by atoms with Crippen molar-refractivity contribution in [2.45, 2.75) is 30.4 Å².